The van der Waals surface area contributed by atoms with Gasteiger partial charge in [-0.3, -0.25) is 38.8 Å². The minimum atomic E-state index is -2.02. The van der Waals surface area contributed by atoms with E-state index in [-0.39, 0.29) is 31.1 Å². The topological polar surface area (TPSA) is 143 Å². The number of halogens is 1. The lowest BCUT2D eigenvalue weighted by Crippen LogP contribution is -2.70. The number of carbonyl (C=O) groups excluding carboxylic acids is 6. The van der Waals surface area contributed by atoms with Crippen LogP contribution < -0.4 is 14.2 Å². The molecule has 0 aromatic heterocycles. The number of imide groups is 4. The van der Waals surface area contributed by atoms with Gasteiger partial charge in [0.05, 0.1) is 11.6 Å². The highest BCUT2D eigenvalue weighted by Crippen LogP contribution is 2.58. The standard InChI is InChI=1S/C23H23BrN4O9/c1-25-17(29)12(18(30)26(2)21(25)33)11-6-9-10(14(35-5)16-15(13(9)24)36-8-37-16)7-23(11)19(31)27(3)22(34)28(4)20(23)32/h11-12H,6-8H2,1-5H3/t11-/m0/s1. The zero-order chi connectivity index (χ0) is 27.1. The maximum atomic E-state index is 13.9. The summed E-state index contributed by atoms with van der Waals surface area (Å²) in [6, 6.07) is -1.66. The third-order valence-electron chi connectivity index (χ3n) is 7.75. The highest BCUT2D eigenvalue weighted by atomic mass is 79.9. The molecule has 0 bridgehead atoms. The summed E-state index contributed by atoms with van der Waals surface area (Å²) < 4.78 is 17.3. The number of urea groups is 2. The molecule has 13 nitrogen and oxygen atoms in total. The quantitative estimate of drug-likeness (QED) is 0.461. The molecule has 1 aromatic carbocycles. The Morgan fingerprint density at radius 3 is 1.86 bits per heavy atom. The number of hydrogen-bond acceptors (Lipinski definition) is 9. The molecule has 1 aromatic rings. The Morgan fingerprint density at radius 1 is 0.811 bits per heavy atom. The van der Waals surface area contributed by atoms with Gasteiger partial charge in [0.1, 0.15) is 11.3 Å². The first-order valence-corrected chi connectivity index (χ1v) is 12.1. The third kappa shape index (κ3) is 3.01. The van der Waals surface area contributed by atoms with Crippen LogP contribution in [0.15, 0.2) is 4.47 Å². The normalized spacial score (nSPS) is 23.5. The molecule has 37 heavy (non-hydrogen) atoms. The molecule has 0 saturated carbocycles. The van der Waals surface area contributed by atoms with Crippen molar-refractivity contribution in [3.05, 3.63) is 15.6 Å². The van der Waals surface area contributed by atoms with Crippen molar-refractivity contribution in [3.63, 3.8) is 0 Å². The van der Waals surface area contributed by atoms with Crippen LogP contribution in [0, 0.1) is 17.3 Å². The van der Waals surface area contributed by atoms with Crippen molar-refractivity contribution >= 4 is 51.6 Å². The van der Waals surface area contributed by atoms with Gasteiger partial charge in [0.2, 0.25) is 36.2 Å². The summed E-state index contributed by atoms with van der Waals surface area (Å²) in [7, 11) is 6.34. The Balaban J connectivity index is 1.80. The molecule has 4 aliphatic rings. The Hall–Kier alpha value is -3.68. The van der Waals surface area contributed by atoms with Crippen LogP contribution in [0.5, 0.6) is 17.2 Å². The molecule has 3 heterocycles. The van der Waals surface area contributed by atoms with Crippen LogP contribution in [0.2, 0.25) is 0 Å². The highest BCUT2D eigenvalue weighted by Gasteiger charge is 2.66. The van der Waals surface area contributed by atoms with E-state index in [1.165, 1.54) is 35.3 Å². The van der Waals surface area contributed by atoms with Gasteiger partial charge >= 0.3 is 12.1 Å². The van der Waals surface area contributed by atoms with Crippen molar-refractivity contribution < 1.29 is 43.0 Å². The van der Waals surface area contributed by atoms with E-state index < -0.39 is 52.9 Å². The summed E-state index contributed by atoms with van der Waals surface area (Å²) in [5.74, 6) is -5.29. The SMILES string of the molecule is COc1c2c(c(Br)c3c1OCO3)C[C@@H](C1C(=O)N(C)C(=O)N(C)C1=O)C1(C2)C(=O)N(C)C(=O)N(C)C1=O. The van der Waals surface area contributed by atoms with Gasteiger partial charge in [-0.25, -0.2) is 9.59 Å². The van der Waals surface area contributed by atoms with Gasteiger partial charge in [-0.2, -0.15) is 0 Å². The molecule has 0 N–H and O–H groups in total. The van der Waals surface area contributed by atoms with Gasteiger partial charge < -0.3 is 14.2 Å². The number of benzene rings is 1. The predicted molar refractivity (Wildman–Crippen MR) is 126 cm³/mol. The maximum absolute atomic E-state index is 13.9. The molecular formula is C23H23BrN4O9. The molecule has 14 heteroatoms. The number of fused-ring (bicyclic) bond motifs is 2. The molecule has 1 aliphatic carbocycles. The van der Waals surface area contributed by atoms with E-state index in [0.29, 0.717) is 21.3 Å². The summed E-state index contributed by atoms with van der Waals surface area (Å²) in [6.07, 6.45) is -0.405. The van der Waals surface area contributed by atoms with Crippen LogP contribution in [0.1, 0.15) is 11.1 Å². The second kappa shape index (κ2) is 8.16. The fourth-order valence-corrected chi connectivity index (χ4v) is 6.51. The van der Waals surface area contributed by atoms with Crippen LogP contribution >= 0.6 is 15.9 Å². The number of carbonyl (C=O) groups is 6. The van der Waals surface area contributed by atoms with Crippen LogP contribution in [-0.4, -0.2) is 97.4 Å². The van der Waals surface area contributed by atoms with Gasteiger partial charge in [0, 0.05) is 46.1 Å². The van der Waals surface area contributed by atoms with E-state index in [2.05, 4.69) is 15.9 Å². The van der Waals surface area contributed by atoms with Gasteiger partial charge in [-0.15, -0.1) is 0 Å². The lowest BCUT2D eigenvalue weighted by Gasteiger charge is -2.51. The summed E-state index contributed by atoms with van der Waals surface area (Å²) in [4.78, 5) is 83.0. The lowest BCUT2D eigenvalue weighted by atomic mass is 9.57. The zero-order valence-corrected chi connectivity index (χ0v) is 22.2. The fourth-order valence-electron chi connectivity index (χ4n) is 5.81. The van der Waals surface area contributed by atoms with E-state index in [0.717, 1.165) is 19.6 Å². The molecule has 8 amide bonds. The largest absolute Gasteiger partial charge is 0.492 e. The van der Waals surface area contributed by atoms with Crippen molar-refractivity contribution in [3.8, 4) is 17.2 Å². The molecule has 2 saturated heterocycles. The third-order valence-corrected chi connectivity index (χ3v) is 8.59. The van der Waals surface area contributed by atoms with Gasteiger partial charge in [0.15, 0.2) is 11.5 Å². The van der Waals surface area contributed by atoms with E-state index >= 15 is 0 Å². The van der Waals surface area contributed by atoms with Crippen LogP contribution in [0.4, 0.5) is 9.59 Å². The molecule has 5 rings (SSSR count). The monoisotopic (exact) mass is 578 g/mol. The molecule has 1 atom stereocenters. The van der Waals surface area contributed by atoms with Crippen molar-refractivity contribution in [2.24, 2.45) is 17.3 Å². The maximum Gasteiger partial charge on any atom is 0.332 e. The van der Waals surface area contributed by atoms with Gasteiger partial charge in [-0.1, -0.05) is 0 Å². The molecule has 0 unspecified atom stereocenters. The number of methoxy groups -OCH3 is 1. The molecule has 0 radical (unpaired) electrons. The predicted octanol–water partition coefficient (Wildman–Crippen LogP) is 0.605. The second-order valence-corrected chi connectivity index (χ2v) is 10.2. The van der Waals surface area contributed by atoms with Crippen LogP contribution in [-0.2, 0) is 32.0 Å². The minimum absolute atomic E-state index is 0.0864. The van der Waals surface area contributed by atoms with Crippen molar-refractivity contribution in [2.75, 3.05) is 42.1 Å². The number of hydrogen-bond donors (Lipinski definition) is 0. The van der Waals surface area contributed by atoms with E-state index in [9.17, 15) is 28.8 Å². The smallest absolute Gasteiger partial charge is 0.332 e. The summed E-state index contributed by atoms with van der Waals surface area (Å²) in [5, 5.41) is 0. The van der Waals surface area contributed by atoms with Gasteiger partial charge in [-0.05, 0) is 27.9 Å². The number of nitrogens with zero attached hydrogens (tertiary/aromatic N) is 4. The summed E-state index contributed by atoms with van der Waals surface area (Å²) >= 11 is 3.52. The number of amides is 8. The van der Waals surface area contributed by atoms with Crippen molar-refractivity contribution in [1.82, 2.24) is 19.6 Å². The Labute approximate surface area is 219 Å². The van der Waals surface area contributed by atoms with Gasteiger partial charge in [0.25, 0.3) is 0 Å². The highest BCUT2D eigenvalue weighted by molar-refractivity contribution is 9.10. The Morgan fingerprint density at radius 2 is 1.32 bits per heavy atom. The Bertz CT molecular complexity index is 1280. The van der Waals surface area contributed by atoms with E-state index in [4.69, 9.17) is 14.2 Å². The average Bonchev–Trinajstić information content (AvgIpc) is 3.38. The Kier molecular flexibility index (Phi) is 5.51. The number of rotatable bonds is 2. The summed E-state index contributed by atoms with van der Waals surface area (Å²) in [6.45, 7) is -0.0864. The summed E-state index contributed by atoms with van der Waals surface area (Å²) in [5.41, 5.74) is -1.02. The first kappa shape index (κ1) is 25.0. The average molecular weight is 579 g/mol. The number of ether oxygens (including phenoxy) is 3. The molecule has 2 fully saturated rings. The van der Waals surface area contributed by atoms with Crippen LogP contribution in [0.25, 0.3) is 0 Å². The number of barbiturate groups is 2. The molecule has 196 valence electrons. The van der Waals surface area contributed by atoms with E-state index in [1.807, 2.05) is 0 Å². The first-order chi connectivity index (χ1) is 17.4. The zero-order valence-electron chi connectivity index (χ0n) is 20.6. The molecular weight excluding hydrogens is 556 g/mol. The second-order valence-electron chi connectivity index (χ2n) is 9.39. The molecule has 1 spiro atoms. The minimum Gasteiger partial charge on any atom is -0.492 e. The van der Waals surface area contributed by atoms with Crippen molar-refractivity contribution in [1.29, 1.82) is 0 Å². The van der Waals surface area contributed by atoms with Crippen molar-refractivity contribution in [2.45, 2.75) is 12.8 Å². The lowest BCUT2D eigenvalue weighted by molar-refractivity contribution is -0.168. The fraction of sp³-hybridized carbons (Fsp3) is 0.478. The van der Waals surface area contributed by atoms with Crippen LogP contribution in [0.3, 0.4) is 0 Å². The molecule has 3 aliphatic heterocycles. The van der Waals surface area contributed by atoms with E-state index in [1.54, 1.807) is 0 Å². The first-order valence-electron chi connectivity index (χ1n) is 11.3.